The van der Waals surface area contributed by atoms with E-state index in [1.807, 2.05) is 0 Å². The zero-order chi connectivity index (χ0) is 10.8. The maximum atomic E-state index is 11.0. The van der Waals surface area contributed by atoms with Crippen LogP contribution in [0.25, 0.3) is 0 Å². The van der Waals surface area contributed by atoms with E-state index in [9.17, 15) is 8.42 Å². The Bertz CT molecular complexity index is 401. The minimum Gasteiger partial charge on any atom is -0.495 e. The molecule has 1 aromatic carbocycles. The van der Waals surface area contributed by atoms with E-state index >= 15 is 0 Å². The summed E-state index contributed by atoms with van der Waals surface area (Å²) in [6, 6.07) is 4.41. The molecule has 0 saturated heterocycles. The molecule has 14 heavy (non-hydrogen) atoms. The Balaban J connectivity index is 3.50. The van der Waals surface area contributed by atoms with Crippen molar-refractivity contribution >= 4 is 10.1 Å². The molecular weight excluding hydrogens is 208 g/mol. The van der Waals surface area contributed by atoms with E-state index < -0.39 is 10.1 Å². The third-order valence-electron chi connectivity index (χ3n) is 1.64. The third kappa shape index (κ3) is 1.97. The van der Waals surface area contributed by atoms with Crippen molar-refractivity contribution < 1.29 is 22.4 Å². The van der Waals surface area contributed by atoms with Crippen molar-refractivity contribution in [1.29, 1.82) is 0 Å². The summed E-state index contributed by atoms with van der Waals surface area (Å²) >= 11 is 0. The fourth-order valence-corrected chi connectivity index (χ4v) is 1.88. The normalized spacial score (nSPS) is 11.1. The smallest absolute Gasteiger partial charge is 0.301 e. The average Bonchev–Trinajstić information content (AvgIpc) is 2.15. The second-order valence-corrected chi connectivity index (χ2v) is 3.83. The highest BCUT2D eigenvalue weighted by atomic mass is 32.2. The van der Waals surface area contributed by atoms with Crippen molar-refractivity contribution in [3.8, 4) is 11.5 Å². The number of methoxy groups -OCH3 is 2. The molecule has 0 atom stereocenters. The molecule has 0 radical (unpaired) electrons. The quantitative estimate of drug-likeness (QED) is 0.765. The molecule has 0 saturated carbocycles. The summed E-state index contributed by atoms with van der Waals surface area (Å²) < 4.78 is 40.5. The predicted octanol–water partition coefficient (Wildman–Crippen LogP) is 0.950. The van der Waals surface area contributed by atoms with Crippen LogP contribution in [0.4, 0.5) is 0 Å². The zero-order valence-corrected chi connectivity index (χ0v) is 8.54. The first-order valence-electron chi connectivity index (χ1n) is 3.69. The third-order valence-corrected chi connectivity index (χ3v) is 2.56. The molecular formula is C8H10O5S. The summed E-state index contributed by atoms with van der Waals surface area (Å²) in [4.78, 5) is -0.356. The molecule has 0 spiro atoms. The molecule has 1 rings (SSSR count). The lowest BCUT2D eigenvalue weighted by atomic mass is 10.3. The lowest BCUT2D eigenvalue weighted by Crippen LogP contribution is -2.04. The average molecular weight is 218 g/mol. The molecule has 0 aromatic heterocycles. The Morgan fingerprint density at radius 1 is 1.14 bits per heavy atom. The van der Waals surface area contributed by atoms with Crippen LogP contribution in [-0.2, 0) is 10.1 Å². The van der Waals surface area contributed by atoms with Crippen LogP contribution in [0, 0.1) is 0 Å². The molecule has 1 N–H and O–H groups in total. The van der Waals surface area contributed by atoms with E-state index in [1.165, 1.54) is 26.4 Å². The van der Waals surface area contributed by atoms with E-state index in [4.69, 9.17) is 14.0 Å². The number of hydrogen-bond donors (Lipinski definition) is 1. The van der Waals surface area contributed by atoms with Crippen LogP contribution in [0.5, 0.6) is 11.5 Å². The second-order valence-electron chi connectivity index (χ2n) is 2.47. The molecule has 0 unspecified atom stereocenters. The van der Waals surface area contributed by atoms with Gasteiger partial charge in [-0.3, -0.25) is 4.55 Å². The highest BCUT2D eigenvalue weighted by molar-refractivity contribution is 7.86. The Morgan fingerprint density at radius 3 is 1.86 bits per heavy atom. The van der Waals surface area contributed by atoms with Gasteiger partial charge in [-0.2, -0.15) is 8.42 Å². The second kappa shape index (κ2) is 3.85. The molecule has 0 bridgehead atoms. The van der Waals surface area contributed by atoms with Gasteiger partial charge in [-0.05, 0) is 12.1 Å². The van der Waals surface area contributed by atoms with Crippen molar-refractivity contribution in [2.24, 2.45) is 0 Å². The zero-order valence-electron chi connectivity index (χ0n) is 7.72. The van der Waals surface area contributed by atoms with Gasteiger partial charge in [0.05, 0.1) is 14.2 Å². The summed E-state index contributed by atoms with van der Waals surface area (Å²) in [5, 5.41) is 0. The SMILES string of the molecule is COc1cccc(OC)c1S(=O)(=O)O. The highest BCUT2D eigenvalue weighted by Crippen LogP contribution is 2.32. The van der Waals surface area contributed by atoms with Crippen LogP contribution < -0.4 is 9.47 Å². The van der Waals surface area contributed by atoms with Crippen molar-refractivity contribution in [3.63, 3.8) is 0 Å². The Hall–Kier alpha value is -1.27. The standard InChI is InChI=1S/C8H10O5S/c1-12-6-4-3-5-7(13-2)8(6)14(9,10)11/h3-5H,1-2H3,(H,9,10,11). The molecule has 1 aromatic rings. The molecule has 0 fully saturated rings. The van der Waals surface area contributed by atoms with Gasteiger partial charge in [-0.1, -0.05) is 6.07 Å². The number of hydrogen-bond acceptors (Lipinski definition) is 4. The van der Waals surface area contributed by atoms with Crippen LogP contribution in [-0.4, -0.2) is 27.2 Å². The monoisotopic (exact) mass is 218 g/mol. The first-order valence-corrected chi connectivity index (χ1v) is 5.13. The van der Waals surface area contributed by atoms with Gasteiger partial charge in [0.1, 0.15) is 11.5 Å². The molecule has 0 aliphatic heterocycles. The highest BCUT2D eigenvalue weighted by Gasteiger charge is 2.21. The van der Waals surface area contributed by atoms with Gasteiger partial charge >= 0.3 is 10.1 Å². The molecule has 0 aliphatic rings. The molecule has 78 valence electrons. The van der Waals surface area contributed by atoms with E-state index in [-0.39, 0.29) is 16.4 Å². The molecule has 0 aliphatic carbocycles. The van der Waals surface area contributed by atoms with Crippen LogP contribution >= 0.6 is 0 Å². The van der Waals surface area contributed by atoms with E-state index in [0.29, 0.717) is 0 Å². The van der Waals surface area contributed by atoms with Gasteiger partial charge in [0.25, 0.3) is 0 Å². The van der Waals surface area contributed by atoms with Gasteiger partial charge in [0.15, 0.2) is 4.90 Å². The van der Waals surface area contributed by atoms with Crippen molar-refractivity contribution in [1.82, 2.24) is 0 Å². The largest absolute Gasteiger partial charge is 0.495 e. The van der Waals surface area contributed by atoms with Crippen molar-refractivity contribution in [2.75, 3.05) is 14.2 Å². The number of rotatable bonds is 3. The van der Waals surface area contributed by atoms with Gasteiger partial charge in [0.2, 0.25) is 0 Å². The van der Waals surface area contributed by atoms with Gasteiger partial charge in [0, 0.05) is 0 Å². The van der Waals surface area contributed by atoms with E-state index in [2.05, 4.69) is 0 Å². The molecule has 5 nitrogen and oxygen atoms in total. The first-order chi connectivity index (χ1) is 6.50. The summed E-state index contributed by atoms with van der Waals surface area (Å²) in [5.41, 5.74) is 0. The predicted molar refractivity (Wildman–Crippen MR) is 49.4 cm³/mol. The summed E-state index contributed by atoms with van der Waals surface area (Å²) in [7, 11) is -1.72. The molecule has 0 amide bonds. The summed E-state index contributed by atoms with van der Waals surface area (Å²) in [6.45, 7) is 0. The summed E-state index contributed by atoms with van der Waals surface area (Å²) in [6.07, 6.45) is 0. The lowest BCUT2D eigenvalue weighted by molar-refractivity contribution is 0.367. The van der Waals surface area contributed by atoms with Crippen LogP contribution in [0.1, 0.15) is 0 Å². The van der Waals surface area contributed by atoms with Crippen molar-refractivity contribution in [2.45, 2.75) is 4.90 Å². The Labute approximate surface area is 82.0 Å². The first kappa shape index (κ1) is 10.8. The minimum atomic E-state index is -4.34. The van der Waals surface area contributed by atoms with E-state index in [1.54, 1.807) is 6.07 Å². The van der Waals surface area contributed by atoms with Gasteiger partial charge in [-0.25, -0.2) is 0 Å². The Kier molecular flexibility index (Phi) is 2.97. The minimum absolute atomic E-state index is 0.0480. The maximum absolute atomic E-state index is 11.0. The van der Waals surface area contributed by atoms with Crippen LogP contribution in [0.3, 0.4) is 0 Å². The molecule has 0 heterocycles. The lowest BCUT2D eigenvalue weighted by Gasteiger charge is -2.09. The van der Waals surface area contributed by atoms with E-state index in [0.717, 1.165) is 0 Å². The number of ether oxygens (including phenoxy) is 2. The maximum Gasteiger partial charge on any atom is 0.301 e. The van der Waals surface area contributed by atoms with Crippen molar-refractivity contribution in [3.05, 3.63) is 18.2 Å². The topological polar surface area (TPSA) is 72.8 Å². The van der Waals surface area contributed by atoms with Crippen LogP contribution in [0.2, 0.25) is 0 Å². The molecule has 6 heteroatoms. The fourth-order valence-electron chi connectivity index (χ4n) is 1.07. The Morgan fingerprint density at radius 2 is 1.57 bits per heavy atom. The summed E-state index contributed by atoms with van der Waals surface area (Å²) in [5.74, 6) is 0.0960. The fraction of sp³-hybridized carbons (Fsp3) is 0.250. The van der Waals surface area contributed by atoms with Gasteiger partial charge < -0.3 is 9.47 Å². The number of benzene rings is 1. The van der Waals surface area contributed by atoms with Crippen LogP contribution in [0.15, 0.2) is 23.1 Å². The van der Waals surface area contributed by atoms with Gasteiger partial charge in [-0.15, -0.1) is 0 Å².